The van der Waals surface area contributed by atoms with E-state index in [1.54, 1.807) is 0 Å². The highest BCUT2D eigenvalue weighted by molar-refractivity contribution is 5.85. The van der Waals surface area contributed by atoms with Gasteiger partial charge in [-0.05, 0) is 43.4 Å². The first-order valence-electron chi connectivity index (χ1n) is 7.70. The third-order valence-corrected chi connectivity index (χ3v) is 5.20. The molecule has 0 aromatic rings. The van der Waals surface area contributed by atoms with Crippen molar-refractivity contribution >= 4 is 11.8 Å². The van der Waals surface area contributed by atoms with E-state index in [9.17, 15) is 9.59 Å². The molecular weight excluding hydrogens is 252 g/mol. The number of allylic oxidation sites excluding steroid dienone is 1. The third kappa shape index (κ3) is 2.68. The Balaban J connectivity index is 2.28. The molecule has 0 aliphatic heterocycles. The van der Waals surface area contributed by atoms with Gasteiger partial charge in [-0.2, -0.15) is 0 Å². The first-order valence-corrected chi connectivity index (χ1v) is 7.70. The molecule has 3 heteroatoms. The molecular formula is C17H26O3. The molecule has 20 heavy (non-hydrogen) atoms. The van der Waals surface area contributed by atoms with Gasteiger partial charge in [0.2, 0.25) is 0 Å². The van der Waals surface area contributed by atoms with E-state index in [-0.39, 0.29) is 23.8 Å². The number of esters is 1. The summed E-state index contributed by atoms with van der Waals surface area (Å²) in [6, 6.07) is 0. The van der Waals surface area contributed by atoms with Crippen LogP contribution in [-0.2, 0) is 14.3 Å². The van der Waals surface area contributed by atoms with Crippen LogP contribution in [0.4, 0.5) is 0 Å². The molecule has 2 rings (SSSR count). The molecule has 0 radical (unpaired) electrons. The largest absolute Gasteiger partial charge is 0.462 e. The van der Waals surface area contributed by atoms with Crippen LogP contribution in [0.15, 0.2) is 12.2 Å². The molecule has 0 bridgehead atoms. The van der Waals surface area contributed by atoms with Gasteiger partial charge in [0.1, 0.15) is 11.9 Å². The van der Waals surface area contributed by atoms with Crippen molar-refractivity contribution in [1.29, 1.82) is 0 Å². The topological polar surface area (TPSA) is 43.4 Å². The van der Waals surface area contributed by atoms with E-state index in [0.29, 0.717) is 30.1 Å². The molecule has 2 aliphatic carbocycles. The number of hydrogen-bond donors (Lipinski definition) is 0. The number of carbonyl (C=O) groups is 2. The SMILES string of the molecule is C=C1CC[C@@H](C(C)C)[C@@H]2[C@@H]([C@@H](C)OC(C)=O)C(=O)C[C@@H]12. The molecule has 0 amide bonds. The van der Waals surface area contributed by atoms with Crippen molar-refractivity contribution in [3.05, 3.63) is 12.2 Å². The summed E-state index contributed by atoms with van der Waals surface area (Å²) in [5.41, 5.74) is 1.22. The van der Waals surface area contributed by atoms with Crippen LogP contribution < -0.4 is 0 Å². The zero-order valence-electron chi connectivity index (χ0n) is 13.0. The van der Waals surface area contributed by atoms with Crippen LogP contribution in [0, 0.1) is 29.6 Å². The number of hydrogen-bond acceptors (Lipinski definition) is 3. The lowest BCUT2D eigenvalue weighted by Crippen LogP contribution is -2.39. The maximum atomic E-state index is 12.4. The number of ketones is 1. The Kier molecular flexibility index (Phi) is 4.36. The smallest absolute Gasteiger partial charge is 0.302 e. The highest BCUT2D eigenvalue weighted by atomic mass is 16.5. The van der Waals surface area contributed by atoms with Crippen molar-refractivity contribution in [3.63, 3.8) is 0 Å². The van der Waals surface area contributed by atoms with Crippen molar-refractivity contribution in [1.82, 2.24) is 0 Å². The summed E-state index contributed by atoms with van der Waals surface area (Å²) in [5, 5.41) is 0. The van der Waals surface area contributed by atoms with Crippen LogP contribution in [0.5, 0.6) is 0 Å². The van der Waals surface area contributed by atoms with Crippen LogP contribution in [0.25, 0.3) is 0 Å². The van der Waals surface area contributed by atoms with Crippen LogP contribution in [0.3, 0.4) is 0 Å². The van der Waals surface area contributed by atoms with Crippen LogP contribution in [-0.4, -0.2) is 17.9 Å². The Morgan fingerprint density at radius 2 is 2.00 bits per heavy atom. The summed E-state index contributed by atoms with van der Waals surface area (Å²) < 4.78 is 5.33. The molecule has 5 atom stereocenters. The lowest BCUT2D eigenvalue weighted by atomic mass is 9.64. The van der Waals surface area contributed by atoms with E-state index < -0.39 is 0 Å². The van der Waals surface area contributed by atoms with E-state index in [0.717, 1.165) is 12.8 Å². The average Bonchev–Trinajstić information content (AvgIpc) is 2.66. The maximum absolute atomic E-state index is 12.4. The molecule has 2 saturated carbocycles. The predicted molar refractivity (Wildman–Crippen MR) is 78.0 cm³/mol. The van der Waals surface area contributed by atoms with Gasteiger partial charge in [0.15, 0.2) is 0 Å². The van der Waals surface area contributed by atoms with E-state index in [1.165, 1.54) is 12.5 Å². The van der Waals surface area contributed by atoms with Gasteiger partial charge in [-0.15, -0.1) is 0 Å². The molecule has 0 unspecified atom stereocenters. The number of Topliss-reactive ketones (excluding diaryl/α,β-unsaturated/α-hetero) is 1. The van der Waals surface area contributed by atoms with Crippen molar-refractivity contribution in [2.45, 2.75) is 53.1 Å². The Morgan fingerprint density at radius 3 is 2.55 bits per heavy atom. The normalized spacial score (nSPS) is 35.0. The first-order chi connectivity index (χ1) is 9.32. The molecule has 2 aliphatic rings. The minimum atomic E-state index is -0.317. The van der Waals surface area contributed by atoms with Crippen LogP contribution in [0.2, 0.25) is 0 Å². The van der Waals surface area contributed by atoms with Gasteiger partial charge in [-0.25, -0.2) is 0 Å². The van der Waals surface area contributed by atoms with E-state index in [1.807, 2.05) is 6.92 Å². The zero-order chi connectivity index (χ0) is 15.0. The fourth-order valence-corrected chi connectivity index (χ4v) is 4.35. The maximum Gasteiger partial charge on any atom is 0.302 e. The standard InChI is InChI=1S/C17H26O3/c1-9(2)13-7-6-10(3)14-8-15(19)16(17(13)14)11(4)20-12(5)18/h9,11,13-14,16-17H,3,6-8H2,1-2,4-5H3/t11-,13+,14+,16+,17+/m1/s1. The summed E-state index contributed by atoms with van der Waals surface area (Å²) in [5.74, 6) is 1.48. The second-order valence-electron chi connectivity index (χ2n) is 6.80. The summed E-state index contributed by atoms with van der Waals surface area (Å²) in [4.78, 5) is 23.7. The lowest BCUT2D eigenvalue weighted by Gasteiger charge is -2.41. The summed E-state index contributed by atoms with van der Waals surface area (Å²) in [6.07, 6.45) is 2.41. The van der Waals surface area contributed by atoms with Gasteiger partial charge in [-0.1, -0.05) is 26.0 Å². The number of fused-ring (bicyclic) bond motifs is 1. The third-order valence-electron chi connectivity index (χ3n) is 5.20. The Labute approximate surface area is 121 Å². The number of rotatable bonds is 3. The molecule has 0 aromatic carbocycles. The lowest BCUT2D eigenvalue weighted by molar-refractivity contribution is -0.151. The Hall–Kier alpha value is -1.12. The second-order valence-corrected chi connectivity index (χ2v) is 6.80. The fraction of sp³-hybridized carbons (Fsp3) is 0.765. The van der Waals surface area contributed by atoms with Crippen molar-refractivity contribution in [2.75, 3.05) is 0 Å². The minimum absolute atomic E-state index is 0.145. The summed E-state index contributed by atoms with van der Waals surface area (Å²) in [7, 11) is 0. The Morgan fingerprint density at radius 1 is 1.35 bits per heavy atom. The molecule has 3 nitrogen and oxygen atoms in total. The van der Waals surface area contributed by atoms with Gasteiger partial charge >= 0.3 is 5.97 Å². The van der Waals surface area contributed by atoms with E-state index >= 15 is 0 Å². The molecule has 0 N–H and O–H groups in total. The molecule has 2 fully saturated rings. The van der Waals surface area contributed by atoms with Crippen molar-refractivity contribution in [2.24, 2.45) is 29.6 Å². The molecule has 112 valence electrons. The van der Waals surface area contributed by atoms with Gasteiger partial charge in [-0.3, -0.25) is 9.59 Å². The summed E-state index contributed by atoms with van der Waals surface area (Å²) in [6.45, 7) is 11.9. The molecule has 0 aromatic heterocycles. The van der Waals surface area contributed by atoms with Gasteiger partial charge in [0.25, 0.3) is 0 Å². The predicted octanol–water partition coefficient (Wildman–Crippen LogP) is 3.38. The molecule has 0 saturated heterocycles. The first kappa shape index (κ1) is 15.3. The van der Waals surface area contributed by atoms with Gasteiger partial charge < -0.3 is 4.74 Å². The molecule has 0 spiro atoms. The molecule has 0 heterocycles. The van der Waals surface area contributed by atoms with E-state index in [4.69, 9.17) is 4.74 Å². The monoisotopic (exact) mass is 278 g/mol. The number of carbonyl (C=O) groups excluding carboxylic acids is 2. The van der Waals surface area contributed by atoms with Crippen LogP contribution >= 0.6 is 0 Å². The van der Waals surface area contributed by atoms with Crippen molar-refractivity contribution in [3.8, 4) is 0 Å². The zero-order valence-corrected chi connectivity index (χ0v) is 13.0. The number of ether oxygens (including phenoxy) is 1. The fourth-order valence-electron chi connectivity index (χ4n) is 4.35. The highest BCUT2D eigenvalue weighted by Gasteiger charge is 2.52. The second kappa shape index (κ2) is 5.71. The van der Waals surface area contributed by atoms with E-state index in [2.05, 4.69) is 20.4 Å². The van der Waals surface area contributed by atoms with Gasteiger partial charge in [0.05, 0.1) is 5.92 Å². The average molecular weight is 278 g/mol. The van der Waals surface area contributed by atoms with Crippen molar-refractivity contribution < 1.29 is 14.3 Å². The van der Waals surface area contributed by atoms with Gasteiger partial charge in [0, 0.05) is 13.3 Å². The minimum Gasteiger partial charge on any atom is -0.462 e. The summed E-state index contributed by atoms with van der Waals surface area (Å²) >= 11 is 0. The Bertz CT molecular complexity index is 424. The van der Waals surface area contributed by atoms with Crippen LogP contribution in [0.1, 0.15) is 47.0 Å². The highest BCUT2D eigenvalue weighted by Crippen LogP contribution is 2.52. The quantitative estimate of drug-likeness (QED) is 0.587.